The van der Waals surface area contributed by atoms with Gasteiger partial charge in [0.1, 0.15) is 0 Å². The SMILES string of the molecule is O=C(CCc1cn(Cc2ccccc2)c2ccc(Cl)cc12)Nc1ccncc1. The highest BCUT2D eigenvalue weighted by atomic mass is 35.5. The number of aryl methyl sites for hydroxylation is 1. The molecular formula is C23H20ClN3O. The first kappa shape index (κ1) is 18.3. The molecule has 0 fully saturated rings. The highest BCUT2D eigenvalue weighted by Crippen LogP contribution is 2.27. The molecule has 5 heteroatoms. The fourth-order valence-corrected chi connectivity index (χ4v) is 3.53. The molecule has 0 aliphatic heterocycles. The standard InChI is InChI=1S/C23H20ClN3O/c24-19-7-8-22-21(14-19)18(16-27(22)15-17-4-2-1-3-5-17)6-9-23(28)26-20-10-12-25-13-11-20/h1-5,7-8,10-14,16H,6,9,15H2,(H,25,26,28). The van der Waals surface area contributed by atoms with E-state index >= 15 is 0 Å². The number of amides is 1. The molecule has 28 heavy (non-hydrogen) atoms. The van der Waals surface area contributed by atoms with E-state index in [4.69, 9.17) is 11.6 Å². The number of hydrogen-bond acceptors (Lipinski definition) is 2. The quantitative estimate of drug-likeness (QED) is 0.485. The minimum Gasteiger partial charge on any atom is -0.343 e. The van der Waals surface area contributed by atoms with E-state index in [2.05, 4.69) is 33.2 Å². The number of rotatable bonds is 6. The number of fused-ring (bicyclic) bond motifs is 1. The van der Waals surface area contributed by atoms with Crippen LogP contribution in [0.25, 0.3) is 10.9 Å². The van der Waals surface area contributed by atoms with Crippen molar-refractivity contribution in [2.75, 3.05) is 5.32 Å². The molecule has 0 aliphatic rings. The van der Waals surface area contributed by atoms with Crippen LogP contribution in [0.5, 0.6) is 0 Å². The second-order valence-corrected chi connectivity index (χ2v) is 7.15. The maximum Gasteiger partial charge on any atom is 0.224 e. The molecule has 0 atom stereocenters. The minimum atomic E-state index is -0.0165. The van der Waals surface area contributed by atoms with E-state index in [1.807, 2.05) is 36.4 Å². The van der Waals surface area contributed by atoms with E-state index in [0.29, 0.717) is 17.9 Å². The molecule has 4 aromatic rings. The number of halogens is 1. The van der Waals surface area contributed by atoms with Gasteiger partial charge in [-0.3, -0.25) is 9.78 Å². The molecule has 0 saturated carbocycles. The van der Waals surface area contributed by atoms with Crippen molar-refractivity contribution in [1.29, 1.82) is 0 Å². The highest BCUT2D eigenvalue weighted by molar-refractivity contribution is 6.31. The summed E-state index contributed by atoms with van der Waals surface area (Å²) in [5.41, 5.74) is 4.24. The van der Waals surface area contributed by atoms with Crippen molar-refractivity contribution in [2.24, 2.45) is 0 Å². The Hall–Kier alpha value is -3.11. The fourth-order valence-electron chi connectivity index (χ4n) is 3.36. The number of pyridine rings is 1. The normalized spacial score (nSPS) is 10.9. The maximum atomic E-state index is 12.3. The van der Waals surface area contributed by atoms with Crippen LogP contribution < -0.4 is 5.32 Å². The zero-order valence-electron chi connectivity index (χ0n) is 15.3. The summed E-state index contributed by atoms with van der Waals surface area (Å²) in [6.45, 7) is 0.780. The average molecular weight is 390 g/mol. The lowest BCUT2D eigenvalue weighted by molar-refractivity contribution is -0.116. The van der Waals surface area contributed by atoms with Gasteiger partial charge in [-0.25, -0.2) is 0 Å². The molecule has 0 radical (unpaired) electrons. The van der Waals surface area contributed by atoms with Crippen LogP contribution in [-0.2, 0) is 17.8 Å². The van der Waals surface area contributed by atoms with Gasteiger partial charge in [0, 0.05) is 53.2 Å². The van der Waals surface area contributed by atoms with Gasteiger partial charge in [-0.15, -0.1) is 0 Å². The number of benzene rings is 2. The summed E-state index contributed by atoms with van der Waals surface area (Å²) in [7, 11) is 0. The molecule has 2 heterocycles. The van der Waals surface area contributed by atoms with Gasteiger partial charge in [0.15, 0.2) is 0 Å². The molecule has 0 spiro atoms. The summed E-state index contributed by atoms with van der Waals surface area (Å²) in [5.74, 6) is -0.0165. The van der Waals surface area contributed by atoms with Crippen molar-refractivity contribution in [3.05, 3.63) is 95.4 Å². The smallest absolute Gasteiger partial charge is 0.224 e. The van der Waals surface area contributed by atoms with Crippen LogP contribution in [-0.4, -0.2) is 15.5 Å². The van der Waals surface area contributed by atoms with Crippen LogP contribution in [0.15, 0.2) is 79.3 Å². The molecule has 4 rings (SSSR count). The summed E-state index contributed by atoms with van der Waals surface area (Å²) in [6, 6.07) is 19.8. The number of aromatic nitrogens is 2. The van der Waals surface area contributed by atoms with Crippen molar-refractivity contribution < 1.29 is 4.79 Å². The number of hydrogen-bond donors (Lipinski definition) is 1. The summed E-state index contributed by atoms with van der Waals surface area (Å²) >= 11 is 6.24. The number of carbonyl (C=O) groups excluding carboxylic acids is 1. The minimum absolute atomic E-state index is 0.0165. The first-order chi connectivity index (χ1) is 13.7. The Kier molecular flexibility index (Phi) is 5.40. The van der Waals surface area contributed by atoms with Crippen LogP contribution in [0, 0.1) is 0 Å². The van der Waals surface area contributed by atoms with Gasteiger partial charge >= 0.3 is 0 Å². The molecular weight excluding hydrogens is 370 g/mol. The Morgan fingerprint density at radius 3 is 2.61 bits per heavy atom. The Balaban J connectivity index is 1.54. The molecule has 1 N–H and O–H groups in total. The van der Waals surface area contributed by atoms with Crippen LogP contribution in [0.4, 0.5) is 5.69 Å². The monoisotopic (exact) mass is 389 g/mol. The lowest BCUT2D eigenvalue weighted by Gasteiger charge is -2.05. The molecule has 0 aliphatic carbocycles. The lowest BCUT2D eigenvalue weighted by Crippen LogP contribution is -2.12. The van der Waals surface area contributed by atoms with Crippen LogP contribution >= 0.6 is 11.6 Å². The molecule has 2 aromatic carbocycles. The largest absolute Gasteiger partial charge is 0.343 e. The van der Waals surface area contributed by atoms with Gasteiger partial charge < -0.3 is 9.88 Å². The van der Waals surface area contributed by atoms with E-state index in [1.165, 1.54) is 5.56 Å². The van der Waals surface area contributed by atoms with Crippen molar-refractivity contribution in [3.8, 4) is 0 Å². The van der Waals surface area contributed by atoms with E-state index in [1.54, 1.807) is 24.5 Å². The zero-order chi connectivity index (χ0) is 19.3. The van der Waals surface area contributed by atoms with Crippen molar-refractivity contribution in [3.63, 3.8) is 0 Å². The second kappa shape index (κ2) is 8.28. The summed E-state index contributed by atoms with van der Waals surface area (Å²) in [5, 5.41) is 4.71. The molecule has 1 amide bonds. The summed E-state index contributed by atoms with van der Waals surface area (Å²) in [6.07, 6.45) is 6.51. The van der Waals surface area contributed by atoms with Crippen molar-refractivity contribution in [1.82, 2.24) is 9.55 Å². The van der Waals surface area contributed by atoms with Gasteiger partial charge in [0.05, 0.1) is 0 Å². The Labute approximate surface area is 168 Å². The Morgan fingerprint density at radius 1 is 1.04 bits per heavy atom. The summed E-state index contributed by atoms with van der Waals surface area (Å²) < 4.78 is 2.22. The van der Waals surface area contributed by atoms with Gasteiger partial charge in [-0.1, -0.05) is 41.9 Å². The maximum absolute atomic E-state index is 12.3. The van der Waals surface area contributed by atoms with E-state index in [-0.39, 0.29) is 5.91 Å². The lowest BCUT2D eigenvalue weighted by atomic mass is 10.1. The predicted octanol–water partition coefficient (Wildman–Crippen LogP) is 5.31. The van der Waals surface area contributed by atoms with Gasteiger partial charge in [-0.05, 0) is 47.9 Å². The molecule has 0 unspecified atom stereocenters. The number of nitrogens with zero attached hydrogens (tertiary/aromatic N) is 2. The van der Waals surface area contributed by atoms with E-state index in [9.17, 15) is 4.79 Å². The average Bonchev–Trinajstić information content (AvgIpc) is 3.04. The molecule has 4 nitrogen and oxygen atoms in total. The predicted molar refractivity (Wildman–Crippen MR) is 114 cm³/mol. The fraction of sp³-hybridized carbons (Fsp3) is 0.130. The van der Waals surface area contributed by atoms with Gasteiger partial charge in [-0.2, -0.15) is 0 Å². The molecule has 0 saturated heterocycles. The third-order valence-corrected chi connectivity index (χ3v) is 4.94. The third kappa shape index (κ3) is 4.24. The summed E-state index contributed by atoms with van der Waals surface area (Å²) in [4.78, 5) is 16.3. The van der Waals surface area contributed by atoms with E-state index < -0.39 is 0 Å². The first-order valence-corrected chi connectivity index (χ1v) is 9.58. The second-order valence-electron chi connectivity index (χ2n) is 6.71. The topological polar surface area (TPSA) is 46.9 Å². The highest BCUT2D eigenvalue weighted by Gasteiger charge is 2.12. The van der Waals surface area contributed by atoms with Crippen LogP contribution in [0.2, 0.25) is 5.02 Å². The van der Waals surface area contributed by atoms with Crippen LogP contribution in [0.1, 0.15) is 17.5 Å². The van der Waals surface area contributed by atoms with E-state index in [0.717, 1.165) is 28.7 Å². The Bertz CT molecular complexity index is 1090. The van der Waals surface area contributed by atoms with Crippen molar-refractivity contribution >= 4 is 34.1 Å². The molecule has 2 aromatic heterocycles. The van der Waals surface area contributed by atoms with Crippen molar-refractivity contribution in [2.45, 2.75) is 19.4 Å². The number of nitrogens with one attached hydrogen (secondary N) is 1. The van der Waals surface area contributed by atoms with Gasteiger partial charge in [0.2, 0.25) is 5.91 Å². The number of carbonyl (C=O) groups is 1. The Morgan fingerprint density at radius 2 is 1.82 bits per heavy atom. The third-order valence-electron chi connectivity index (χ3n) is 4.71. The first-order valence-electron chi connectivity index (χ1n) is 9.20. The zero-order valence-corrected chi connectivity index (χ0v) is 16.1. The number of anilines is 1. The van der Waals surface area contributed by atoms with Gasteiger partial charge in [0.25, 0.3) is 0 Å². The molecule has 140 valence electrons. The van der Waals surface area contributed by atoms with Crippen LogP contribution in [0.3, 0.4) is 0 Å². The molecule has 0 bridgehead atoms.